The molecule has 2 aromatic carbocycles. The lowest BCUT2D eigenvalue weighted by molar-refractivity contribution is -0.963. The van der Waals surface area contributed by atoms with E-state index in [9.17, 15) is 0 Å². The van der Waals surface area contributed by atoms with Gasteiger partial charge in [-0.25, -0.2) is 0 Å². The van der Waals surface area contributed by atoms with Gasteiger partial charge in [0.2, 0.25) is 0 Å². The lowest BCUT2D eigenvalue weighted by Gasteiger charge is -2.40. The summed E-state index contributed by atoms with van der Waals surface area (Å²) in [6.07, 6.45) is 2.74. The van der Waals surface area contributed by atoms with Gasteiger partial charge in [0.25, 0.3) is 0 Å². The molecule has 4 heteroatoms. The van der Waals surface area contributed by atoms with Crippen molar-refractivity contribution in [1.82, 2.24) is 0 Å². The van der Waals surface area contributed by atoms with E-state index >= 15 is 0 Å². The van der Waals surface area contributed by atoms with E-state index in [4.69, 9.17) is 11.6 Å². The van der Waals surface area contributed by atoms with Crippen LogP contribution in [0, 0.1) is 0 Å². The van der Waals surface area contributed by atoms with Gasteiger partial charge in [0.05, 0.1) is 45.3 Å². The number of nitrogens with one attached hydrogen (secondary N) is 2. The number of hydrogen-bond donors (Lipinski definition) is 2. The first-order valence-electron chi connectivity index (χ1n) is 10.0. The molecule has 2 N–H and O–H groups in total. The van der Waals surface area contributed by atoms with Gasteiger partial charge in [-0.05, 0) is 18.2 Å². The Bertz CT molecular complexity index is 690. The molecule has 2 fully saturated rings. The molecule has 0 radical (unpaired) electrons. The van der Waals surface area contributed by atoms with Crippen molar-refractivity contribution < 1.29 is 9.80 Å². The number of hydrogen-bond acceptors (Lipinski definition) is 1. The molecular formula is C22H30ClN3+2. The molecule has 0 bridgehead atoms. The van der Waals surface area contributed by atoms with Crippen LogP contribution in [0.15, 0.2) is 54.6 Å². The molecule has 2 heterocycles. The van der Waals surface area contributed by atoms with Gasteiger partial charge in [-0.1, -0.05) is 48.0 Å². The minimum Gasteiger partial charge on any atom is -0.360 e. The van der Waals surface area contributed by atoms with Crippen LogP contribution in [0.1, 0.15) is 18.4 Å². The molecule has 0 amide bonds. The fourth-order valence-corrected chi connectivity index (χ4v) is 4.81. The predicted octanol–water partition coefficient (Wildman–Crippen LogP) is 1.29. The van der Waals surface area contributed by atoms with Gasteiger partial charge in [-0.2, -0.15) is 0 Å². The molecule has 0 saturated carbocycles. The minimum atomic E-state index is 0.839. The Kier molecular flexibility index (Phi) is 5.78. The number of anilines is 1. The van der Waals surface area contributed by atoms with Gasteiger partial charge >= 0.3 is 0 Å². The predicted molar refractivity (Wildman–Crippen MR) is 108 cm³/mol. The maximum atomic E-state index is 6.15. The molecule has 3 nitrogen and oxygen atoms in total. The fraction of sp³-hybridized carbons (Fsp3) is 0.455. The highest BCUT2D eigenvalue weighted by molar-refractivity contribution is 6.30. The maximum absolute atomic E-state index is 6.15. The van der Waals surface area contributed by atoms with Crippen LogP contribution in [-0.4, -0.2) is 45.3 Å². The number of nitrogens with zero attached hydrogens (tertiary/aromatic N) is 1. The van der Waals surface area contributed by atoms with Crippen LogP contribution in [-0.2, 0) is 6.54 Å². The third kappa shape index (κ3) is 4.40. The normalized spacial score (nSPS) is 24.6. The van der Waals surface area contributed by atoms with Gasteiger partial charge in [0.1, 0.15) is 6.54 Å². The van der Waals surface area contributed by atoms with Gasteiger partial charge in [-0.15, -0.1) is 0 Å². The van der Waals surface area contributed by atoms with Crippen molar-refractivity contribution in [1.29, 1.82) is 0 Å². The van der Waals surface area contributed by atoms with Gasteiger partial charge in [-0.3, -0.25) is 0 Å². The first kappa shape index (κ1) is 17.8. The van der Waals surface area contributed by atoms with E-state index in [2.05, 4.69) is 53.4 Å². The molecule has 26 heavy (non-hydrogen) atoms. The summed E-state index contributed by atoms with van der Waals surface area (Å²) in [5.41, 5.74) is 2.75. The van der Waals surface area contributed by atoms with Crippen molar-refractivity contribution >= 4 is 17.3 Å². The molecule has 0 unspecified atom stereocenters. The summed E-state index contributed by atoms with van der Waals surface area (Å²) in [6, 6.07) is 20.1. The highest BCUT2D eigenvalue weighted by Crippen LogP contribution is 2.19. The second-order valence-corrected chi connectivity index (χ2v) is 8.25. The van der Waals surface area contributed by atoms with Crippen LogP contribution in [0.2, 0.25) is 5.02 Å². The van der Waals surface area contributed by atoms with Crippen LogP contribution in [0.3, 0.4) is 0 Å². The quantitative estimate of drug-likeness (QED) is 0.825. The molecule has 0 spiro atoms. The number of rotatable bonds is 4. The molecule has 2 aliphatic rings. The molecule has 2 aliphatic heterocycles. The third-order valence-electron chi connectivity index (χ3n) is 6.15. The Labute approximate surface area is 162 Å². The summed E-state index contributed by atoms with van der Waals surface area (Å²) in [7, 11) is 0. The summed E-state index contributed by atoms with van der Waals surface area (Å²) in [5.74, 6) is 0. The van der Waals surface area contributed by atoms with Crippen molar-refractivity contribution in [2.75, 3.05) is 44.2 Å². The average molecular weight is 372 g/mol. The Hall–Kier alpha value is -1.55. The lowest BCUT2D eigenvalue weighted by Crippen LogP contribution is -3.21. The molecule has 0 aromatic heterocycles. The SMILES string of the molecule is Clc1cccc(N2CC[NH+](C3CC[NH+](Cc4ccccc4)CC3)CC2)c1. The average Bonchev–Trinajstić information content (AvgIpc) is 2.70. The third-order valence-corrected chi connectivity index (χ3v) is 6.38. The Morgan fingerprint density at radius 3 is 2.31 bits per heavy atom. The number of piperidine rings is 1. The van der Waals surface area contributed by atoms with Crippen LogP contribution in [0.25, 0.3) is 0 Å². The van der Waals surface area contributed by atoms with Crippen LogP contribution < -0.4 is 14.7 Å². The molecule has 0 atom stereocenters. The molecule has 138 valence electrons. The van der Waals surface area contributed by atoms with E-state index in [1.165, 1.54) is 56.8 Å². The number of benzene rings is 2. The zero-order chi connectivity index (χ0) is 17.8. The fourth-order valence-electron chi connectivity index (χ4n) is 4.63. The van der Waals surface area contributed by atoms with Gasteiger partial charge < -0.3 is 14.7 Å². The number of likely N-dealkylation sites (tertiary alicyclic amines) is 1. The summed E-state index contributed by atoms with van der Waals surface area (Å²) in [4.78, 5) is 6.07. The lowest BCUT2D eigenvalue weighted by atomic mass is 10.0. The van der Waals surface area contributed by atoms with E-state index < -0.39 is 0 Å². The van der Waals surface area contributed by atoms with E-state index in [1.807, 2.05) is 11.0 Å². The van der Waals surface area contributed by atoms with Crippen molar-refractivity contribution in [3.63, 3.8) is 0 Å². The van der Waals surface area contributed by atoms with E-state index in [0.29, 0.717) is 0 Å². The van der Waals surface area contributed by atoms with Crippen molar-refractivity contribution in [3.05, 3.63) is 65.2 Å². The Balaban J connectivity index is 1.24. The molecule has 0 aliphatic carbocycles. The van der Waals surface area contributed by atoms with Crippen LogP contribution in [0.4, 0.5) is 5.69 Å². The highest BCUT2D eigenvalue weighted by atomic mass is 35.5. The van der Waals surface area contributed by atoms with Crippen molar-refractivity contribution in [2.24, 2.45) is 0 Å². The zero-order valence-electron chi connectivity index (χ0n) is 15.5. The molecule has 2 aromatic rings. The standard InChI is InChI=1S/C22H28ClN3/c23-20-7-4-8-22(17-20)26-15-13-25(14-16-26)21-9-11-24(12-10-21)18-19-5-2-1-3-6-19/h1-8,17,21H,9-16,18H2/p+2. The van der Waals surface area contributed by atoms with E-state index in [0.717, 1.165) is 24.2 Å². The minimum absolute atomic E-state index is 0.839. The van der Waals surface area contributed by atoms with Gasteiger partial charge in [0, 0.05) is 29.1 Å². The van der Waals surface area contributed by atoms with Crippen molar-refractivity contribution in [3.8, 4) is 0 Å². The van der Waals surface area contributed by atoms with Gasteiger partial charge in [0.15, 0.2) is 0 Å². The van der Waals surface area contributed by atoms with E-state index in [1.54, 1.807) is 4.90 Å². The zero-order valence-corrected chi connectivity index (χ0v) is 16.2. The molecular weight excluding hydrogens is 342 g/mol. The molecule has 4 rings (SSSR count). The first-order valence-corrected chi connectivity index (χ1v) is 10.4. The smallest absolute Gasteiger partial charge is 0.103 e. The summed E-state index contributed by atoms with van der Waals surface area (Å²) in [6.45, 7) is 8.63. The largest absolute Gasteiger partial charge is 0.360 e. The monoisotopic (exact) mass is 371 g/mol. The first-order chi connectivity index (χ1) is 12.8. The maximum Gasteiger partial charge on any atom is 0.103 e. The van der Waals surface area contributed by atoms with Crippen LogP contribution in [0.5, 0.6) is 0 Å². The second kappa shape index (κ2) is 8.43. The number of piperazine rings is 1. The summed E-state index contributed by atoms with van der Waals surface area (Å²) in [5, 5.41) is 0.839. The van der Waals surface area contributed by atoms with Crippen LogP contribution >= 0.6 is 11.6 Å². The number of quaternary nitrogens is 2. The van der Waals surface area contributed by atoms with Crippen molar-refractivity contribution in [2.45, 2.75) is 25.4 Å². The summed E-state index contributed by atoms with van der Waals surface area (Å²) >= 11 is 6.15. The molecule has 2 saturated heterocycles. The highest BCUT2D eigenvalue weighted by Gasteiger charge is 2.32. The second-order valence-electron chi connectivity index (χ2n) is 7.81. The topological polar surface area (TPSA) is 12.1 Å². The summed E-state index contributed by atoms with van der Waals surface area (Å²) < 4.78 is 0. The Morgan fingerprint density at radius 2 is 1.62 bits per heavy atom. The van der Waals surface area contributed by atoms with E-state index in [-0.39, 0.29) is 0 Å². The Morgan fingerprint density at radius 1 is 0.885 bits per heavy atom. The number of halogens is 1.